The van der Waals surface area contributed by atoms with Crippen LogP contribution < -0.4 is 10.1 Å². The van der Waals surface area contributed by atoms with E-state index in [-0.39, 0.29) is 10.8 Å². The number of amides is 1. The van der Waals surface area contributed by atoms with Crippen LogP contribution in [0, 0.1) is 20.8 Å². The summed E-state index contributed by atoms with van der Waals surface area (Å²) in [6, 6.07) is 10.2. The van der Waals surface area contributed by atoms with Crippen molar-refractivity contribution in [1.29, 1.82) is 0 Å². The number of sulfonamides is 1. The number of ether oxygens (including phenoxy) is 1. The fourth-order valence-electron chi connectivity index (χ4n) is 3.03. The molecule has 0 aliphatic carbocycles. The van der Waals surface area contributed by atoms with E-state index in [0.29, 0.717) is 24.5 Å². The lowest BCUT2D eigenvalue weighted by atomic mass is 10.1. The van der Waals surface area contributed by atoms with Crippen molar-refractivity contribution in [2.75, 3.05) is 18.4 Å². The summed E-state index contributed by atoms with van der Waals surface area (Å²) in [5.41, 5.74) is 3.70. The van der Waals surface area contributed by atoms with E-state index in [1.165, 1.54) is 16.4 Å². The molecule has 0 radical (unpaired) electrons. The number of carbonyl (C=O) groups is 1. The summed E-state index contributed by atoms with van der Waals surface area (Å²) in [4.78, 5) is 12.7. The SMILES string of the molecule is CCN(CC)S(=O)(=O)c1ccc(NC(=O)C(C)Oc2cc(C)cc(C)c2C)cc1. The van der Waals surface area contributed by atoms with Gasteiger partial charge in [-0.1, -0.05) is 19.9 Å². The third-order valence-electron chi connectivity index (χ3n) is 4.90. The van der Waals surface area contributed by atoms with E-state index < -0.39 is 16.1 Å². The molecule has 1 N–H and O–H groups in total. The Morgan fingerprint density at radius 3 is 2.21 bits per heavy atom. The van der Waals surface area contributed by atoms with Crippen molar-refractivity contribution in [1.82, 2.24) is 4.31 Å². The molecule has 0 heterocycles. The lowest BCUT2D eigenvalue weighted by molar-refractivity contribution is -0.122. The molecule has 158 valence electrons. The molecule has 0 aliphatic rings. The van der Waals surface area contributed by atoms with Crippen LogP contribution in [0.2, 0.25) is 0 Å². The van der Waals surface area contributed by atoms with Crippen LogP contribution in [0.5, 0.6) is 5.75 Å². The molecule has 0 bridgehead atoms. The topological polar surface area (TPSA) is 75.7 Å². The molecule has 0 saturated carbocycles. The van der Waals surface area contributed by atoms with Gasteiger partial charge in [0.1, 0.15) is 5.75 Å². The Labute approximate surface area is 173 Å². The van der Waals surface area contributed by atoms with Gasteiger partial charge in [-0.05, 0) is 74.7 Å². The standard InChI is InChI=1S/C22H30N2O4S/c1-7-24(8-2)29(26,27)20-11-9-19(10-12-20)23-22(25)18(6)28-21-14-15(3)13-16(4)17(21)5/h9-14,18H,7-8H2,1-6H3,(H,23,25). The molecule has 0 fully saturated rings. The van der Waals surface area contributed by atoms with Crippen molar-refractivity contribution < 1.29 is 17.9 Å². The van der Waals surface area contributed by atoms with Gasteiger partial charge < -0.3 is 10.1 Å². The molecule has 0 saturated heterocycles. The fourth-order valence-corrected chi connectivity index (χ4v) is 4.49. The Morgan fingerprint density at radius 2 is 1.66 bits per heavy atom. The third kappa shape index (κ3) is 5.36. The summed E-state index contributed by atoms with van der Waals surface area (Å²) in [5, 5.41) is 2.77. The highest BCUT2D eigenvalue weighted by atomic mass is 32.2. The molecule has 1 atom stereocenters. The lowest BCUT2D eigenvalue weighted by Crippen LogP contribution is -2.31. The normalized spacial score (nSPS) is 12.7. The van der Waals surface area contributed by atoms with Crippen LogP contribution in [0.4, 0.5) is 5.69 Å². The number of anilines is 1. The first-order chi connectivity index (χ1) is 13.6. The zero-order valence-electron chi connectivity index (χ0n) is 17.9. The molecule has 0 aliphatic heterocycles. The summed E-state index contributed by atoms with van der Waals surface area (Å²) < 4.78 is 32.3. The molecular formula is C22H30N2O4S. The molecule has 1 amide bonds. The number of aryl methyl sites for hydroxylation is 2. The Hall–Kier alpha value is -2.38. The molecule has 1 unspecified atom stereocenters. The predicted octanol–water partition coefficient (Wildman–Crippen LogP) is 4.05. The van der Waals surface area contributed by atoms with Crippen molar-refractivity contribution in [3.05, 3.63) is 53.1 Å². The summed E-state index contributed by atoms with van der Waals surface area (Å²) >= 11 is 0. The maximum atomic E-state index is 12.5. The second-order valence-corrected chi connectivity index (χ2v) is 9.01. The number of carbonyl (C=O) groups excluding carboxylic acids is 1. The highest BCUT2D eigenvalue weighted by molar-refractivity contribution is 7.89. The highest BCUT2D eigenvalue weighted by Crippen LogP contribution is 2.25. The predicted molar refractivity (Wildman–Crippen MR) is 116 cm³/mol. The van der Waals surface area contributed by atoms with Gasteiger partial charge >= 0.3 is 0 Å². The molecular weight excluding hydrogens is 388 g/mol. The van der Waals surface area contributed by atoms with E-state index in [0.717, 1.165) is 16.7 Å². The molecule has 0 aromatic heterocycles. The molecule has 29 heavy (non-hydrogen) atoms. The van der Waals surface area contributed by atoms with E-state index in [1.54, 1.807) is 32.9 Å². The van der Waals surface area contributed by atoms with Crippen LogP contribution in [0.15, 0.2) is 41.3 Å². The molecule has 7 heteroatoms. The largest absolute Gasteiger partial charge is 0.481 e. The van der Waals surface area contributed by atoms with Gasteiger partial charge in [-0.25, -0.2) is 8.42 Å². The lowest BCUT2D eigenvalue weighted by Gasteiger charge is -2.19. The minimum Gasteiger partial charge on any atom is -0.481 e. The molecule has 2 aromatic rings. The van der Waals surface area contributed by atoms with Gasteiger partial charge in [0.25, 0.3) is 5.91 Å². The Kier molecular flexibility index (Phi) is 7.43. The Balaban J connectivity index is 2.09. The van der Waals surface area contributed by atoms with E-state index in [4.69, 9.17) is 4.74 Å². The van der Waals surface area contributed by atoms with Gasteiger partial charge in [-0.15, -0.1) is 0 Å². The maximum Gasteiger partial charge on any atom is 0.265 e. The summed E-state index contributed by atoms with van der Waals surface area (Å²) in [7, 11) is -3.52. The molecule has 2 rings (SSSR count). The number of hydrogen-bond acceptors (Lipinski definition) is 4. The van der Waals surface area contributed by atoms with Gasteiger partial charge in [0, 0.05) is 18.8 Å². The van der Waals surface area contributed by atoms with E-state index in [9.17, 15) is 13.2 Å². The quantitative estimate of drug-likeness (QED) is 0.702. The van der Waals surface area contributed by atoms with Gasteiger partial charge in [0.2, 0.25) is 10.0 Å². The minimum atomic E-state index is -3.52. The van der Waals surface area contributed by atoms with Gasteiger partial charge in [-0.3, -0.25) is 4.79 Å². The Morgan fingerprint density at radius 1 is 1.07 bits per heavy atom. The summed E-state index contributed by atoms with van der Waals surface area (Å²) in [6.07, 6.45) is -0.700. The molecule has 2 aromatic carbocycles. The summed E-state index contributed by atoms with van der Waals surface area (Å²) in [5.74, 6) is 0.383. The minimum absolute atomic E-state index is 0.203. The first-order valence-corrected chi connectivity index (χ1v) is 11.2. The van der Waals surface area contributed by atoms with Crippen molar-refractivity contribution in [2.45, 2.75) is 52.5 Å². The first kappa shape index (κ1) is 22.9. The van der Waals surface area contributed by atoms with Crippen LogP contribution >= 0.6 is 0 Å². The number of nitrogens with zero attached hydrogens (tertiary/aromatic N) is 1. The average Bonchev–Trinajstić information content (AvgIpc) is 2.66. The van der Waals surface area contributed by atoms with Crippen molar-refractivity contribution >= 4 is 21.6 Å². The van der Waals surface area contributed by atoms with Crippen LogP contribution in [0.1, 0.15) is 37.5 Å². The number of rotatable bonds is 8. The smallest absolute Gasteiger partial charge is 0.265 e. The van der Waals surface area contributed by atoms with Gasteiger partial charge in [-0.2, -0.15) is 4.31 Å². The average molecular weight is 419 g/mol. The maximum absolute atomic E-state index is 12.5. The summed E-state index contributed by atoms with van der Waals surface area (Å²) in [6.45, 7) is 12.1. The van der Waals surface area contributed by atoms with Crippen LogP contribution in [-0.4, -0.2) is 37.8 Å². The zero-order chi connectivity index (χ0) is 21.8. The molecule has 6 nitrogen and oxygen atoms in total. The van der Waals surface area contributed by atoms with Gasteiger partial charge in [0.05, 0.1) is 4.90 Å². The van der Waals surface area contributed by atoms with Gasteiger partial charge in [0.15, 0.2) is 6.10 Å². The van der Waals surface area contributed by atoms with E-state index in [1.807, 2.05) is 26.8 Å². The second-order valence-electron chi connectivity index (χ2n) is 7.07. The van der Waals surface area contributed by atoms with Crippen LogP contribution in [0.3, 0.4) is 0 Å². The number of benzene rings is 2. The highest BCUT2D eigenvalue weighted by Gasteiger charge is 2.22. The monoisotopic (exact) mass is 418 g/mol. The zero-order valence-corrected chi connectivity index (χ0v) is 18.8. The van der Waals surface area contributed by atoms with Crippen molar-refractivity contribution in [2.24, 2.45) is 0 Å². The van der Waals surface area contributed by atoms with Crippen molar-refractivity contribution in [3.63, 3.8) is 0 Å². The second kappa shape index (κ2) is 9.41. The van der Waals surface area contributed by atoms with Crippen LogP contribution in [0.25, 0.3) is 0 Å². The van der Waals surface area contributed by atoms with E-state index in [2.05, 4.69) is 11.4 Å². The first-order valence-electron chi connectivity index (χ1n) is 9.75. The number of hydrogen-bond donors (Lipinski definition) is 1. The number of nitrogens with one attached hydrogen (secondary N) is 1. The van der Waals surface area contributed by atoms with Crippen molar-refractivity contribution in [3.8, 4) is 5.75 Å². The Bertz CT molecular complexity index is 965. The third-order valence-corrected chi connectivity index (χ3v) is 6.97. The van der Waals surface area contributed by atoms with E-state index >= 15 is 0 Å². The molecule has 0 spiro atoms. The fraction of sp³-hybridized carbons (Fsp3) is 0.409. The van der Waals surface area contributed by atoms with Crippen LogP contribution in [-0.2, 0) is 14.8 Å².